The minimum Gasteiger partial charge on any atom is -0.395 e. The van der Waals surface area contributed by atoms with Crippen LogP contribution in [0.25, 0.3) is 11.1 Å². The van der Waals surface area contributed by atoms with Crippen LogP contribution in [-0.2, 0) is 0 Å². The average molecular weight is 485 g/mol. The van der Waals surface area contributed by atoms with Gasteiger partial charge < -0.3 is 15.3 Å². The third-order valence-electron chi connectivity index (χ3n) is 7.35. The molecule has 0 unspecified atom stereocenters. The highest BCUT2D eigenvalue weighted by Gasteiger charge is 2.49. The molecule has 2 aliphatic rings. The van der Waals surface area contributed by atoms with Crippen molar-refractivity contribution in [1.82, 2.24) is 9.80 Å². The van der Waals surface area contributed by atoms with Gasteiger partial charge in [-0.1, -0.05) is 42.5 Å². The number of nitrogens with one attached hydrogen (secondary N) is 1. The van der Waals surface area contributed by atoms with Crippen molar-refractivity contribution in [3.05, 3.63) is 89.7 Å². The predicted octanol–water partition coefficient (Wildman–Crippen LogP) is 4.82. The summed E-state index contributed by atoms with van der Waals surface area (Å²) in [4.78, 5) is 17.2. The summed E-state index contributed by atoms with van der Waals surface area (Å²) in [6.07, 6.45) is 1.82. The molecule has 2 aliphatic heterocycles. The summed E-state index contributed by atoms with van der Waals surface area (Å²) in [6.45, 7) is 2.12. The van der Waals surface area contributed by atoms with Gasteiger partial charge in [0.1, 0.15) is 5.82 Å². The lowest BCUT2D eigenvalue weighted by atomic mass is 9.74. The van der Waals surface area contributed by atoms with Crippen molar-refractivity contribution in [2.45, 2.75) is 30.8 Å². The van der Waals surface area contributed by atoms with Gasteiger partial charge in [0.05, 0.1) is 18.2 Å². The standard InChI is InChI=1S/C29H29FN4O2/c30-24-7-4-8-25(16-24)32-29(36)33-13-1-2-14-34-26(18-33)28(27(34)19-35)22-11-9-21(10-12-22)23-6-3-5-20(15-23)17-31/h3-12,15-16,26-28,35H,1-2,13-14,18-19H2,(H,32,36)/t26-,27-,28+/m1/s1. The van der Waals surface area contributed by atoms with E-state index in [1.807, 2.05) is 23.1 Å². The van der Waals surface area contributed by atoms with E-state index in [0.29, 0.717) is 24.3 Å². The van der Waals surface area contributed by atoms with Crippen molar-refractivity contribution < 1.29 is 14.3 Å². The molecule has 0 spiro atoms. The topological polar surface area (TPSA) is 79.6 Å². The van der Waals surface area contributed by atoms with E-state index in [1.54, 1.807) is 18.2 Å². The monoisotopic (exact) mass is 484 g/mol. The van der Waals surface area contributed by atoms with Crippen molar-refractivity contribution in [2.75, 3.05) is 31.6 Å². The number of carbonyl (C=O) groups is 1. The van der Waals surface area contributed by atoms with Crippen molar-refractivity contribution in [2.24, 2.45) is 0 Å². The summed E-state index contributed by atoms with van der Waals surface area (Å²) in [5.41, 5.74) is 4.20. The second kappa shape index (κ2) is 10.5. The fourth-order valence-electron chi connectivity index (χ4n) is 5.56. The van der Waals surface area contributed by atoms with Crippen LogP contribution in [0, 0.1) is 17.1 Å². The second-order valence-electron chi connectivity index (χ2n) is 9.49. The molecule has 2 fully saturated rings. The van der Waals surface area contributed by atoms with Gasteiger partial charge in [0, 0.05) is 36.8 Å². The van der Waals surface area contributed by atoms with Crippen LogP contribution in [0.5, 0.6) is 0 Å². The molecule has 0 aromatic heterocycles. The third kappa shape index (κ3) is 4.83. The number of halogens is 1. The molecule has 5 rings (SSSR count). The van der Waals surface area contributed by atoms with Gasteiger partial charge in [0.2, 0.25) is 0 Å². The molecule has 0 aliphatic carbocycles. The first-order valence-electron chi connectivity index (χ1n) is 12.4. The number of aliphatic hydroxyl groups is 1. The van der Waals surface area contributed by atoms with Crippen LogP contribution in [-0.4, -0.2) is 59.3 Å². The number of rotatable bonds is 4. The molecule has 2 N–H and O–H groups in total. The van der Waals surface area contributed by atoms with E-state index in [9.17, 15) is 19.6 Å². The SMILES string of the molecule is N#Cc1cccc(-c2ccc([C@@H]3[C@@H](CO)N4CCCCN(C(=O)Nc5cccc(F)c5)C[C@H]34)cc2)c1. The number of hydrogen-bond acceptors (Lipinski definition) is 4. The number of aliphatic hydroxyl groups excluding tert-OH is 1. The molecule has 3 aromatic rings. The highest BCUT2D eigenvalue weighted by Crippen LogP contribution is 2.42. The molecule has 6 nitrogen and oxygen atoms in total. The van der Waals surface area contributed by atoms with Gasteiger partial charge >= 0.3 is 6.03 Å². The second-order valence-corrected chi connectivity index (χ2v) is 9.49. The molecule has 0 bridgehead atoms. The maximum absolute atomic E-state index is 13.6. The summed E-state index contributed by atoms with van der Waals surface area (Å²) >= 11 is 0. The molecule has 2 heterocycles. The van der Waals surface area contributed by atoms with E-state index in [-0.39, 0.29) is 36.5 Å². The molecule has 0 saturated carbocycles. The Labute approximate surface area is 210 Å². The fourth-order valence-corrected chi connectivity index (χ4v) is 5.56. The van der Waals surface area contributed by atoms with Crippen molar-refractivity contribution in [3.63, 3.8) is 0 Å². The van der Waals surface area contributed by atoms with Crippen molar-refractivity contribution in [1.29, 1.82) is 5.26 Å². The molecule has 7 heteroatoms. The zero-order valence-corrected chi connectivity index (χ0v) is 20.0. The molecular formula is C29H29FN4O2. The number of benzene rings is 3. The number of amides is 2. The Hall–Kier alpha value is -3.73. The van der Waals surface area contributed by atoms with E-state index in [0.717, 1.165) is 36.1 Å². The number of anilines is 1. The molecule has 2 amide bonds. The van der Waals surface area contributed by atoms with Gasteiger partial charge in [-0.25, -0.2) is 9.18 Å². The zero-order valence-electron chi connectivity index (χ0n) is 20.0. The molecule has 36 heavy (non-hydrogen) atoms. The minimum atomic E-state index is -0.390. The van der Waals surface area contributed by atoms with Crippen LogP contribution in [0.15, 0.2) is 72.8 Å². The molecular weight excluding hydrogens is 455 g/mol. The Morgan fingerprint density at radius 2 is 1.81 bits per heavy atom. The Bertz CT molecular complexity index is 1270. The average Bonchev–Trinajstić information content (AvgIpc) is 2.88. The Morgan fingerprint density at radius 3 is 2.56 bits per heavy atom. The summed E-state index contributed by atoms with van der Waals surface area (Å²) in [6, 6.07) is 23.8. The number of urea groups is 1. The van der Waals surface area contributed by atoms with Gasteiger partial charge in [-0.15, -0.1) is 0 Å². The highest BCUT2D eigenvalue weighted by atomic mass is 19.1. The Morgan fingerprint density at radius 1 is 1.03 bits per heavy atom. The van der Waals surface area contributed by atoms with Gasteiger partial charge in [-0.2, -0.15) is 5.26 Å². The van der Waals surface area contributed by atoms with E-state index < -0.39 is 0 Å². The number of carbonyl (C=O) groups excluding carboxylic acids is 1. The first-order valence-corrected chi connectivity index (χ1v) is 12.4. The smallest absolute Gasteiger partial charge is 0.321 e. The molecule has 0 radical (unpaired) electrons. The summed E-state index contributed by atoms with van der Waals surface area (Å²) in [5, 5.41) is 22.2. The van der Waals surface area contributed by atoms with Crippen LogP contribution in [0.3, 0.4) is 0 Å². The van der Waals surface area contributed by atoms with Crippen molar-refractivity contribution >= 4 is 11.7 Å². The maximum Gasteiger partial charge on any atom is 0.321 e. The van der Waals surface area contributed by atoms with Crippen LogP contribution in [0.1, 0.15) is 29.9 Å². The van der Waals surface area contributed by atoms with Crippen LogP contribution in [0.4, 0.5) is 14.9 Å². The quantitative estimate of drug-likeness (QED) is 0.557. The lowest BCUT2D eigenvalue weighted by molar-refractivity contribution is -0.0585. The predicted molar refractivity (Wildman–Crippen MR) is 137 cm³/mol. The minimum absolute atomic E-state index is 0.00833. The fraction of sp³-hybridized carbons (Fsp3) is 0.310. The first kappa shape index (κ1) is 24.0. The Balaban J connectivity index is 1.35. The maximum atomic E-state index is 13.6. The first-order chi connectivity index (χ1) is 17.6. The van der Waals surface area contributed by atoms with E-state index in [4.69, 9.17) is 0 Å². The lowest BCUT2D eigenvalue weighted by Crippen LogP contribution is -2.68. The van der Waals surface area contributed by atoms with E-state index in [1.165, 1.54) is 12.1 Å². The largest absolute Gasteiger partial charge is 0.395 e. The molecule has 3 atom stereocenters. The van der Waals surface area contributed by atoms with E-state index >= 15 is 0 Å². The normalized spacial score (nSPS) is 21.9. The lowest BCUT2D eigenvalue weighted by Gasteiger charge is -2.57. The summed E-state index contributed by atoms with van der Waals surface area (Å²) < 4.78 is 13.6. The van der Waals surface area contributed by atoms with Crippen LogP contribution >= 0.6 is 0 Å². The third-order valence-corrected chi connectivity index (χ3v) is 7.35. The zero-order chi connectivity index (χ0) is 25.1. The van der Waals surface area contributed by atoms with Gasteiger partial charge in [-0.3, -0.25) is 4.90 Å². The Kier molecular flexibility index (Phi) is 6.99. The highest BCUT2D eigenvalue weighted by molar-refractivity contribution is 5.89. The molecule has 184 valence electrons. The van der Waals surface area contributed by atoms with Crippen LogP contribution < -0.4 is 5.32 Å². The van der Waals surface area contributed by atoms with Crippen LogP contribution in [0.2, 0.25) is 0 Å². The summed E-state index contributed by atoms with van der Waals surface area (Å²) in [7, 11) is 0. The number of fused-ring (bicyclic) bond motifs is 1. The summed E-state index contributed by atoms with van der Waals surface area (Å²) in [5.74, 6) is -0.295. The van der Waals surface area contributed by atoms with Crippen molar-refractivity contribution in [3.8, 4) is 17.2 Å². The number of nitrogens with zero attached hydrogens (tertiary/aromatic N) is 3. The van der Waals surface area contributed by atoms with Gasteiger partial charge in [0.25, 0.3) is 0 Å². The number of nitriles is 1. The van der Waals surface area contributed by atoms with Gasteiger partial charge in [0.15, 0.2) is 0 Å². The van der Waals surface area contributed by atoms with E-state index in [2.05, 4.69) is 40.6 Å². The van der Waals surface area contributed by atoms with Gasteiger partial charge in [-0.05, 0) is 66.4 Å². The molecule has 2 saturated heterocycles. The number of hydrogen-bond donors (Lipinski definition) is 2. The molecule has 3 aromatic carbocycles.